The molecule has 2 aromatic carbocycles. The van der Waals surface area contributed by atoms with Crippen LogP contribution in [0.1, 0.15) is 16.1 Å². The van der Waals surface area contributed by atoms with Crippen LogP contribution in [0.2, 0.25) is 0 Å². The molecule has 0 aliphatic heterocycles. The Balaban J connectivity index is 1.37. The Kier molecular flexibility index (Phi) is 5.30. The maximum absolute atomic E-state index is 12.4. The lowest BCUT2D eigenvalue weighted by Gasteiger charge is -2.10. The quantitative estimate of drug-likeness (QED) is 0.375. The average molecular weight is 440 g/mol. The van der Waals surface area contributed by atoms with Gasteiger partial charge >= 0.3 is 0 Å². The van der Waals surface area contributed by atoms with E-state index in [9.17, 15) is 13.2 Å². The van der Waals surface area contributed by atoms with Crippen LogP contribution >= 0.6 is 11.3 Å². The average Bonchev–Trinajstić information content (AvgIpc) is 3.42. The normalized spacial score (nSPS) is 11.2. The van der Waals surface area contributed by atoms with E-state index in [2.05, 4.69) is 22.2 Å². The molecule has 0 radical (unpaired) electrons. The number of hydrazine groups is 1. The maximum Gasteiger partial charge on any atom is 0.271 e. The first-order chi connectivity index (χ1) is 14.4. The van der Waals surface area contributed by atoms with Gasteiger partial charge in [-0.25, -0.2) is 8.42 Å². The Morgan fingerprint density at radius 1 is 0.967 bits per heavy atom. The summed E-state index contributed by atoms with van der Waals surface area (Å²) in [5.74, 6) is 0.106. The van der Waals surface area contributed by atoms with E-state index in [1.165, 1.54) is 30.3 Å². The van der Waals surface area contributed by atoms with Gasteiger partial charge in [0.05, 0.1) is 5.70 Å². The maximum atomic E-state index is 12.4. The third-order valence-electron chi connectivity index (χ3n) is 4.21. The number of fused-ring (bicyclic) bond motifs is 1. The second-order valence-corrected chi connectivity index (χ2v) is 9.18. The fraction of sp³-hybridized carbons (Fsp3) is 0. The number of para-hydroxylation sites is 1. The van der Waals surface area contributed by atoms with Gasteiger partial charge in [0.1, 0.15) is 9.79 Å². The topological polar surface area (TPSA) is 100 Å². The summed E-state index contributed by atoms with van der Waals surface area (Å²) in [6.07, 6.45) is 0. The first-order valence-electron chi connectivity index (χ1n) is 8.83. The van der Waals surface area contributed by atoms with Crippen molar-refractivity contribution in [3.8, 4) is 0 Å². The van der Waals surface area contributed by atoms with Crippen LogP contribution in [0.4, 0.5) is 5.69 Å². The minimum absolute atomic E-state index is 0.220. The van der Waals surface area contributed by atoms with Gasteiger partial charge in [-0.1, -0.05) is 30.8 Å². The number of anilines is 1. The summed E-state index contributed by atoms with van der Waals surface area (Å²) in [5.41, 5.74) is 7.11. The predicted molar refractivity (Wildman–Crippen MR) is 117 cm³/mol. The van der Waals surface area contributed by atoms with Crippen LogP contribution in [0.3, 0.4) is 0 Å². The molecule has 152 valence electrons. The highest BCUT2D eigenvalue weighted by atomic mass is 32.2. The van der Waals surface area contributed by atoms with Gasteiger partial charge in [-0.05, 0) is 47.8 Å². The van der Waals surface area contributed by atoms with Gasteiger partial charge in [0.2, 0.25) is 0 Å². The number of hydrogen-bond donors (Lipinski definition) is 3. The number of furan rings is 1. The molecular weight excluding hydrogens is 422 g/mol. The molecule has 2 aromatic heterocycles. The molecule has 0 spiro atoms. The molecule has 0 fully saturated rings. The minimum Gasteiger partial charge on any atom is -0.454 e. The number of carbonyl (C=O) groups is 1. The zero-order valence-corrected chi connectivity index (χ0v) is 17.2. The second-order valence-electron chi connectivity index (χ2n) is 6.32. The molecule has 7 nitrogen and oxygen atoms in total. The van der Waals surface area contributed by atoms with Crippen molar-refractivity contribution in [3.63, 3.8) is 0 Å². The summed E-state index contributed by atoms with van der Waals surface area (Å²) in [5, 5.41) is 2.62. The molecule has 0 atom stereocenters. The van der Waals surface area contributed by atoms with E-state index in [0.717, 1.165) is 22.3 Å². The molecule has 4 rings (SSSR count). The fourth-order valence-corrected chi connectivity index (χ4v) is 4.76. The summed E-state index contributed by atoms with van der Waals surface area (Å²) in [4.78, 5) is 12.4. The Hall–Kier alpha value is -3.56. The highest BCUT2D eigenvalue weighted by molar-refractivity contribution is 7.94. The Morgan fingerprint density at radius 2 is 1.73 bits per heavy atom. The predicted octanol–water partition coefficient (Wildman–Crippen LogP) is 4.20. The second kappa shape index (κ2) is 8.05. The number of carbonyl (C=O) groups excluding carboxylic acids is 1. The van der Waals surface area contributed by atoms with Crippen molar-refractivity contribution in [2.24, 2.45) is 0 Å². The molecule has 2 heterocycles. The molecule has 9 heteroatoms. The van der Waals surface area contributed by atoms with Crippen molar-refractivity contribution in [1.29, 1.82) is 0 Å². The Morgan fingerprint density at radius 3 is 2.43 bits per heavy atom. The lowest BCUT2D eigenvalue weighted by molar-refractivity contribution is 0.0942. The molecule has 0 unspecified atom stereocenters. The van der Waals surface area contributed by atoms with E-state index >= 15 is 0 Å². The number of sulfonamides is 1. The zero-order valence-electron chi connectivity index (χ0n) is 15.6. The summed E-state index contributed by atoms with van der Waals surface area (Å²) < 4.78 is 32.9. The molecule has 0 saturated heterocycles. The number of thiophene rings is 1. The zero-order chi connectivity index (χ0) is 21.1. The highest BCUT2D eigenvalue weighted by Gasteiger charge is 2.15. The number of amides is 1. The first kappa shape index (κ1) is 19.7. The van der Waals surface area contributed by atoms with Crippen molar-refractivity contribution in [1.82, 2.24) is 10.9 Å². The van der Waals surface area contributed by atoms with Crippen LogP contribution < -0.4 is 15.6 Å². The lowest BCUT2D eigenvalue weighted by atomic mass is 10.2. The van der Waals surface area contributed by atoms with Gasteiger partial charge in [-0.3, -0.25) is 20.4 Å². The van der Waals surface area contributed by atoms with E-state index < -0.39 is 15.9 Å². The SMILES string of the molecule is C=C(NNC(=O)c1ccc(NS(=O)(=O)c2cccs2)cc1)c1cc2ccccc2o1. The van der Waals surface area contributed by atoms with Crippen LogP contribution in [0, 0.1) is 0 Å². The molecular formula is C21H17N3O4S2. The Labute approximate surface area is 177 Å². The third-order valence-corrected chi connectivity index (χ3v) is 6.99. The van der Waals surface area contributed by atoms with E-state index in [4.69, 9.17) is 4.42 Å². The van der Waals surface area contributed by atoms with Crippen LogP contribution in [-0.2, 0) is 10.0 Å². The standard InChI is InChI=1S/C21H17N3O4S2/c1-14(19-13-16-5-2-3-6-18(16)28-19)22-23-21(25)15-8-10-17(11-9-15)24-30(26,27)20-7-4-12-29-20/h2-13,22,24H,1H2,(H,23,25). The van der Waals surface area contributed by atoms with E-state index in [1.807, 2.05) is 30.3 Å². The highest BCUT2D eigenvalue weighted by Crippen LogP contribution is 2.22. The third kappa shape index (κ3) is 4.22. The van der Waals surface area contributed by atoms with Crippen molar-refractivity contribution >= 4 is 49.6 Å². The summed E-state index contributed by atoms with van der Waals surface area (Å²) in [6.45, 7) is 3.87. The number of hydrogen-bond acceptors (Lipinski definition) is 6. The summed E-state index contributed by atoms with van der Waals surface area (Å²) >= 11 is 1.13. The van der Waals surface area contributed by atoms with Crippen molar-refractivity contribution in [2.75, 3.05) is 4.72 Å². The molecule has 0 bridgehead atoms. The summed E-state index contributed by atoms with van der Waals surface area (Å²) in [7, 11) is -3.63. The molecule has 30 heavy (non-hydrogen) atoms. The van der Waals surface area contributed by atoms with Crippen LogP contribution in [0.15, 0.2) is 87.3 Å². The van der Waals surface area contributed by atoms with Crippen LogP contribution in [0.25, 0.3) is 16.7 Å². The molecule has 0 aliphatic rings. The molecule has 0 saturated carbocycles. The molecule has 3 N–H and O–H groups in total. The van der Waals surface area contributed by atoms with Gasteiger partial charge < -0.3 is 4.42 Å². The molecule has 1 amide bonds. The number of nitrogens with one attached hydrogen (secondary N) is 3. The van der Waals surface area contributed by atoms with Crippen molar-refractivity contribution < 1.29 is 17.6 Å². The van der Waals surface area contributed by atoms with Crippen LogP contribution in [-0.4, -0.2) is 14.3 Å². The summed E-state index contributed by atoms with van der Waals surface area (Å²) in [6, 6.07) is 18.6. The van der Waals surface area contributed by atoms with Gasteiger partial charge in [0.15, 0.2) is 5.76 Å². The Bertz CT molecular complexity index is 1280. The number of rotatable bonds is 7. The van der Waals surface area contributed by atoms with Gasteiger partial charge in [0.25, 0.3) is 15.9 Å². The lowest BCUT2D eigenvalue weighted by Crippen LogP contribution is -2.35. The van der Waals surface area contributed by atoms with E-state index in [1.54, 1.807) is 11.4 Å². The first-order valence-corrected chi connectivity index (χ1v) is 11.2. The monoisotopic (exact) mass is 439 g/mol. The van der Waals surface area contributed by atoms with Gasteiger partial charge in [-0.2, -0.15) is 0 Å². The molecule has 4 aromatic rings. The molecule has 0 aliphatic carbocycles. The van der Waals surface area contributed by atoms with E-state index in [0.29, 0.717) is 22.7 Å². The number of benzene rings is 2. The van der Waals surface area contributed by atoms with Crippen molar-refractivity contribution in [3.05, 3.63) is 90.0 Å². The smallest absolute Gasteiger partial charge is 0.271 e. The fourth-order valence-electron chi connectivity index (χ4n) is 2.71. The van der Waals surface area contributed by atoms with Gasteiger partial charge in [-0.15, -0.1) is 11.3 Å². The largest absolute Gasteiger partial charge is 0.454 e. The minimum atomic E-state index is -3.63. The van der Waals surface area contributed by atoms with Crippen molar-refractivity contribution in [2.45, 2.75) is 4.21 Å². The van der Waals surface area contributed by atoms with Gasteiger partial charge in [0, 0.05) is 16.6 Å². The van der Waals surface area contributed by atoms with Crippen LogP contribution in [0.5, 0.6) is 0 Å². The van der Waals surface area contributed by atoms with E-state index in [-0.39, 0.29) is 4.21 Å².